The van der Waals surface area contributed by atoms with Crippen LogP contribution in [0, 0.1) is 0 Å². The second-order valence-electron chi connectivity index (χ2n) is 6.59. The fourth-order valence-electron chi connectivity index (χ4n) is 3.36. The molecule has 23 heavy (non-hydrogen) atoms. The fourth-order valence-corrected chi connectivity index (χ4v) is 3.36. The number of rotatable bonds is 5. The highest BCUT2D eigenvalue weighted by Crippen LogP contribution is 2.30. The molecule has 0 bridgehead atoms. The van der Waals surface area contributed by atoms with Crippen LogP contribution in [0.15, 0.2) is 0 Å². The molecule has 2 aliphatic rings. The van der Waals surface area contributed by atoms with Gasteiger partial charge in [0.1, 0.15) is 5.82 Å². The lowest BCUT2D eigenvalue weighted by Crippen LogP contribution is -2.44. The van der Waals surface area contributed by atoms with Crippen molar-refractivity contribution < 1.29 is 9.47 Å². The molecule has 2 heterocycles. The molecular formula is C17H28N4O2. The number of hydrogen-bond donors (Lipinski definition) is 0. The number of methoxy groups -OCH3 is 1. The van der Waals surface area contributed by atoms with E-state index < -0.39 is 0 Å². The Morgan fingerprint density at radius 3 is 2.87 bits per heavy atom. The van der Waals surface area contributed by atoms with Gasteiger partial charge in [-0.2, -0.15) is 4.98 Å². The topological polar surface area (TPSA) is 50.7 Å². The lowest BCUT2D eigenvalue weighted by Gasteiger charge is -2.36. The van der Waals surface area contributed by atoms with Gasteiger partial charge in [-0.25, -0.2) is 4.98 Å². The first-order valence-electron chi connectivity index (χ1n) is 8.61. The molecule has 1 aromatic rings. The Morgan fingerprint density at radius 2 is 2.09 bits per heavy atom. The molecule has 1 aliphatic heterocycles. The quantitative estimate of drug-likeness (QED) is 0.822. The van der Waals surface area contributed by atoms with Gasteiger partial charge in [-0.1, -0.05) is 0 Å². The first kappa shape index (κ1) is 16.5. The Kier molecular flexibility index (Phi) is 5.33. The van der Waals surface area contributed by atoms with E-state index in [1.807, 2.05) is 19.0 Å². The molecular weight excluding hydrogens is 292 g/mol. The maximum absolute atomic E-state index is 5.88. The maximum atomic E-state index is 5.88. The van der Waals surface area contributed by atoms with Gasteiger partial charge in [-0.15, -0.1) is 0 Å². The van der Waals surface area contributed by atoms with Crippen molar-refractivity contribution >= 4 is 11.8 Å². The minimum atomic E-state index is 0.223. The monoisotopic (exact) mass is 320 g/mol. The van der Waals surface area contributed by atoms with Gasteiger partial charge in [0.15, 0.2) is 0 Å². The average molecular weight is 320 g/mol. The molecule has 0 aromatic carbocycles. The molecule has 0 radical (unpaired) electrons. The van der Waals surface area contributed by atoms with Gasteiger partial charge in [0.05, 0.1) is 18.4 Å². The van der Waals surface area contributed by atoms with Gasteiger partial charge in [0.2, 0.25) is 5.95 Å². The summed E-state index contributed by atoms with van der Waals surface area (Å²) in [4.78, 5) is 14.0. The summed E-state index contributed by atoms with van der Waals surface area (Å²) < 4.78 is 11.1. The van der Waals surface area contributed by atoms with E-state index in [1.54, 1.807) is 7.11 Å². The van der Waals surface area contributed by atoms with Crippen molar-refractivity contribution in [2.45, 2.75) is 38.2 Å². The lowest BCUT2D eigenvalue weighted by atomic mass is 9.96. The molecule has 1 fully saturated rings. The predicted molar refractivity (Wildman–Crippen MR) is 91.4 cm³/mol. The summed E-state index contributed by atoms with van der Waals surface area (Å²) in [6, 6.07) is 0. The van der Waals surface area contributed by atoms with Crippen LogP contribution in [-0.4, -0.2) is 63.6 Å². The molecule has 6 heteroatoms. The Hall–Kier alpha value is -1.40. The Morgan fingerprint density at radius 1 is 1.26 bits per heavy atom. The van der Waals surface area contributed by atoms with E-state index in [-0.39, 0.29) is 6.10 Å². The van der Waals surface area contributed by atoms with Crippen molar-refractivity contribution in [3.8, 4) is 0 Å². The van der Waals surface area contributed by atoms with Crippen LogP contribution < -0.4 is 9.80 Å². The van der Waals surface area contributed by atoms with Crippen LogP contribution in [0.1, 0.15) is 30.5 Å². The Labute approximate surface area is 138 Å². The zero-order valence-corrected chi connectivity index (χ0v) is 14.5. The average Bonchev–Trinajstić information content (AvgIpc) is 2.59. The van der Waals surface area contributed by atoms with Crippen LogP contribution in [0.3, 0.4) is 0 Å². The van der Waals surface area contributed by atoms with Gasteiger partial charge < -0.3 is 19.3 Å². The van der Waals surface area contributed by atoms with Crippen LogP contribution in [0.2, 0.25) is 0 Å². The van der Waals surface area contributed by atoms with Crippen LogP contribution in [0.5, 0.6) is 0 Å². The summed E-state index contributed by atoms with van der Waals surface area (Å²) in [6.45, 7) is 3.28. The minimum absolute atomic E-state index is 0.223. The van der Waals surface area contributed by atoms with E-state index in [1.165, 1.54) is 24.1 Å². The number of ether oxygens (including phenoxy) is 2. The number of aryl methyl sites for hydroxylation is 1. The normalized spacial score (nSPS) is 21.2. The minimum Gasteiger partial charge on any atom is -0.385 e. The van der Waals surface area contributed by atoms with Crippen LogP contribution >= 0.6 is 0 Å². The highest BCUT2D eigenvalue weighted by atomic mass is 16.5. The first-order chi connectivity index (χ1) is 11.2. The van der Waals surface area contributed by atoms with Crippen molar-refractivity contribution in [1.29, 1.82) is 0 Å². The van der Waals surface area contributed by atoms with E-state index >= 15 is 0 Å². The molecule has 3 rings (SSSR count). The summed E-state index contributed by atoms with van der Waals surface area (Å²) in [6.07, 6.45) is 5.79. The Balaban J connectivity index is 1.86. The number of fused-ring (bicyclic) bond motifs is 1. The standard InChI is InChI=1S/C17H28N4O2/c1-20(2)17-18-15-7-5-4-6-14(15)16(19-17)21-9-11-23-13(12-21)8-10-22-3/h13H,4-12H2,1-3H3/t13-/m0/s1. The first-order valence-corrected chi connectivity index (χ1v) is 8.61. The van der Waals surface area contributed by atoms with Crippen LogP contribution in [0.25, 0.3) is 0 Å². The maximum Gasteiger partial charge on any atom is 0.227 e. The number of hydrogen-bond acceptors (Lipinski definition) is 6. The SMILES string of the molecule is COCC[C@H]1CN(c2nc(N(C)C)nc3c2CCCC3)CCO1. The fraction of sp³-hybridized carbons (Fsp3) is 0.765. The number of aromatic nitrogens is 2. The summed E-state index contributed by atoms with van der Waals surface area (Å²) in [5.41, 5.74) is 2.60. The molecule has 1 aliphatic carbocycles. The van der Waals surface area contributed by atoms with Gasteiger partial charge >= 0.3 is 0 Å². The number of anilines is 2. The van der Waals surface area contributed by atoms with E-state index in [0.717, 1.165) is 57.3 Å². The van der Waals surface area contributed by atoms with Crippen molar-refractivity contribution in [1.82, 2.24) is 9.97 Å². The van der Waals surface area contributed by atoms with E-state index in [4.69, 9.17) is 19.4 Å². The van der Waals surface area contributed by atoms with Gasteiger partial charge in [0, 0.05) is 46.5 Å². The molecule has 1 aromatic heterocycles. The van der Waals surface area contributed by atoms with Gasteiger partial charge in [-0.3, -0.25) is 0 Å². The zero-order chi connectivity index (χ0) is 16.2. The molecule has 0 N–H and O–H groups in total. The van der Waals surface area contributed by atoms with E-state index in [0.29, 0.717) is 0 Å². The molecule has 0 amide bonds. The molecule has 1 atom stereocenters. The summed E-state index contributed by atoms with van der Waals surface area (Å²) in [7, 11) is 5.76. The van der Waals surface area contributed by atoms with E-state index in [9.17, 15) is 0 Å². The summed E-state index contributed by atoms with van der Waals surface area (Å²) in [5.74, 6) is 1.95. The summed E-state index contributed by atoms with van der Waals surface area (Å²) in [5, 5.41) is 0. The second-order valence-corrected chi connectivity index (χ2v) is 6.59. The molecule has 0 saturated carbocycles. The van der Waals surface area contributed by atoms with Crippen LogP contribution in [-0.2, 0) is 22.3 Å². The molecule has 0 spiro atoms. The molecule has 0 unspecified atom stereocenters. The molecule has 128 valence electrons. The highest BCUT2D eigenvalue weighted by molar-refractivity contribution is 5.54. The third-order valence-corrected chi connectivity index (χ3v) is 4.63. The largest absolute Gasteiger partial charge is 0.385 e. The molecule has 1 saturated heterocycles. The highest BCUT2D eigenvalue weighted by Gasteiger charge is 2.26. The predicted octanol–water partition coefficient (Wildman–Crippen LogP) is 1.66. The van der Waals surface area contributed by atoms with E-state index in [2.05, 4.69) is 4.90 Å². The van der Waals surface area contributed by atoms with Gasteiger partial charge in [-0.05, 0) is 32.1 Å². The third-order valence-electron chi connectivity index (χ3n) is 4.63. The third kappa shape index (κ3) is 3.75. The molecule has 6 nitrogen and oxygen atoms in total. The smallest absolute Gasteiger partial charge is 0.227 e. The summed E-state index contributed by atoms with van der Waals surface area (Å²) >= 11 is 0. The second kappa shape index (κ2) is 7.45. The number of nitrogens with zero attached hydrogens (tertiary/aromatic N) is 4. The Bertz CT molecular complexity index is 536. The number of morpholine rings is 1. The lowest BCUT2D eigenvalue weighted by molar-refractivity contribution is 0.0188. The van der Waals surface area contributed by atoms with Crippen molar-refractivity contribution in [2.24, 2.45) is 0 Å². The van der Waals surface area contributed by atoms with Crippen molar-refractivity contribution in [3.05, 3.63) is 11.3 Å². The van der Waals surface area contributed by atoms with Crippen LogP contribution in [0.4, 0.5) is 11.8 Å². The van der Waals surface area contributed by atoms with Crippen molar-refractivity contribution in [2.75, 3.05) is 57.3 Å². The van der Waals surface area contributed by atoms with Crippen molar-refractivity contribution in [3.63, 3.8) is 0 Å². The van der Waals surface area contributed by atoms with Gasteiger partial charge in [0.25, 0.3) is 0 Å². The zero-order valence-electron chi connectivity index (χ0n) is 14.5.